The first-order valence-electron chi connectivity index (χ1n) is 8.30. The summed E-state index contributed by atoms with van der Waals surface area (Å²) in [5, 5.41) is 2.75. The maximum atomic E-state index is 12.5. The Morgan fingerprint density at radius 2 is 1.67 bits per heavy atom. The minimum Gasteiger partial charge on any atom is -0.438 e. The number of hydrogen-bond acceptors (Lipinski definition) is 3. The number of esters is 1. The highest BCUT2D eigenvalue weighted by Crippen LogP contribution is 2.14. The van der Waals surface area contributed by atoms with Gasteiger partial charge in [-0.05, 0) is 30.2 Å². The van der Waals surface area contributed by atoms with E-state index in [9.17, 15) is 9.59 Å². The second-order valence-electron chi connectivity index (χ2n) is 5.55. The number of ether oxygens (including phenoxy) is 1. The minimum absolute atomic E-state index is 0.253. The molecular formula is C20H23NO3. The lowest BCUT2D eigenvalue weighted by atomic mass is 10.0. The van der Waals surface area contributed by atoms with Gasteiger partial charge in [0.1, 0.15) is 0 Å². The van der Waals surface area contributed by atoms with Crippen molar-refractivity contribution in [1.29, 1.82) is 0 Å². The van der Waals surface area contributed by atoms with Crippen molar-refractivity contribution in [2.45, 2.75) is 39.3 Å². The summed E-state index contributed by atoms with van der Waals surface area (Å²) >= 11 is 0. The van der Waals surface area contributed by atoms with E-state index in [1.54, 1.807) is 30.3 Å². The number of benzene rings is 2. The Hall–Kier alpha value is -2.62. The number of aryl methyl sites for hydroxylation is 1. The molecule has 24 heavy (non-hydrogen) atoms. The number of nitrogens with one attached hydrogen (secondary N) is 1. The van der Waals surface area contributed by atoms with Gasteiger partial charge >= 0.3 is 5.97 Å². The Morgan fingerprint density at radius 3 is 2.33 bits per heavy atom. The van der Waals surface area contributed by atoms with Crippen LogP contribution in [0.4, 0.5) is 0 Å². The van der Waals surface area contributed by atoms with Crippen molar-refractivity contribution in [3.63, 3.8) is 0 Å². The molecule has 1 atom stereocenters. The maximum Gasteiger partial charge on any atom is 0.340 e. The molecule has 1 N–H and O–H groups in total. The third kappa shape index (κ3) is 4.69. The Kier molecular flexibility index (Phi) is 6.55. The molecule has 0 aromatic heterocycles. The van der Waals surface area contributed by atoms with Crippen molar-refractivity contribution < 1.29 is 14.3 Å². The average Bonchev–Trinajstić information content (AvgIpc) is 2.62. The van der Waals surface area contributed by atoms with E-state index >= 15 is 0 Å². The van der Waals surface area contributed by atoms with Crippen molar-refractivity contribution in [1.82, 2.24) is 5.32 Å². The van der Waals surface area contributed by atoms with Crippen LogP contribution in [0.1, 0.15) is 53.0 Å². The summed E-state index contributed by atoms with van der Waals surface area (Å²) in [4.78, 5) is 24.7. The van der Waals surface area contributed by atoms with E-state index in [0.29, 0.717) is 17.5 Å². The zero-order valence-corrected chi connectivity index (χ0v) is 14.1. The van der Waals surface area contributed by atoms with Gasteiger partial charge in [-0.3, -0.25) is 4.79 Å². The minimum atomic E-state index is -0.653. The molecule has 2 aromatic carbocycles. The van der Waals surface area contributed by atoms with Crippen molar-refractivity contribution in [3.05, 3.63) is 71.3 Å². The molecule has 4 heteroatoms. The zero-order chi connectivity index (χ0) is 17.4. The molecule has 2 rings (SSSR count). The van der Waals surface area contributed by atoms with Gasteiger partial charge in [0.15, 0.2) is 6.23 Å². The third-order valence-corrected chi connectivity index (χ3v) is 3.70. The topological polar surface area (TPSA) is 55.4 Å². The fourth-order valence-corrected chi connectivity index (χ4v) is 2.43. The van der Waals surface area contributed by atoms with Crippen LogP contribution in [0, 0.1) is 0 Å². The first-order valence-corrected chi connectivity index (χ1v) is 8.30. The molecule has 0 aliphatic heterocycles. The second kappa shape index (κ2) is 8.87. The highest BCUT2D eigenvalue weighted by molar-refractivity contribution is 5.95. The first kappa shape index (κ1) is 17.7. The van der Waals surface area contributed by atoms with Gasteiger partial charge in [-0.25, -0.2) is 4.79 Å². The molecule has 0 radical (unpaired) electrons. The Balaban J connectivity index is 2.05. The quantitative estimate of drug-likeness (QED) is 0.619. The lowest BCUT2D eigenvalue weighted by Gasteiger charge is -2.18. The van der Waals surface area contributed by atoms with E-state index in [1.807, 2.05) is 31.2 Å². The summed E-state index contributed by atoms with van der Waals surface area (Å²) in [7, 11) is 0. The van der Waals surface area contributed by atoms with Gasteiger partial charge < -0.3 is 10.1 Å². The molecule has 4 nitrogen and oxygen atoms in total. The van der Waals surface area contributed by atoms with Crippen molar-refractivity contribution >= 4 is 11.9 Å². The summed E-state index contributed by atoms with van der Waals surface area (Å²) in [5.41, 5.74) is 2.07. The molecule has 1 amide bonds. The van der Waals surface area contributed by atoms with Crippen LogP contribution in [0.2, 0.25) is 0 Å². The van der Waals surface area contributed by atoms with Crippen LogP contribution in [-0.2, 0) is 11.2 Å². The number of carbonyl (C=O) groups is 2. The van der Waals surface area contributed by atoms with Gasteiger partial charge in [0, 0.05) is 12.0 Å². The molecule has 0 spiro atoms. The van der Waals surface area contributed by atoms with E-state index < -0.39 is 12.2 Å². The average molecular weight is 325 g/mol. The molecule has 0 saturated carbocycles. The molecule has 126 valence electrons. The lowest BCUT2D eigenvalue weighted by Crippen LogP contribution is -2.38. The summed E-state index contributed by atoms with van der Waals surface area (Å²) in [6.07, 6.45) is 1.62. The highest BCUT2D eigenvalue weighted by Gasteiger charge is 2.19. The predicted octanol–water partition coefficient (Wildman–Crippen LogP) is 3.96. The summed E-state index contributed by atoms with van der Waals surface area (Å²) in [6.45, 7) is 3.93. The third-order valence-electron chi connectivity index (χ3n) is 3.70. The Bertz CT molecular complexity index is 682. The molecule has 0 aliphatic carbocycles. The number of hydrogen-bond donors (Lipinski definition) is 1. The van der Waals surface area contributed by atoms with Gasteiger partial charge in [0.25, 0.3) is 5.91 Å². The Morgan fingerprint density at radius 1 is 1.00 bits per heavy atom. The molecule has 0 bridgehead atoms. The van der Waals surface area contributed by atoms with E-state index in [1.165, 1.54) is 0 Å². The molecule has 1 unspecified atom stereocenters. The van der Waals surface area contributed by atoms with E-state index in [0.717, 1.165) is 18.4 Å². The number of amides is 1. The van der Waals surface area contributed by atoms with Crippen molar-refractivity contribution in [3.8, 4) is 0 Å². The first-order chi connectivity index (χ1) is 11.7. The smallest absolute Gasteiger partial charge is 0.340 e. The molecule has 0 fully saturated rings. The number of rotatable bonds is 7. The van der Waals surface area contributed by atoms with Gasteiger partial charge in [-0.15, -0.1) is 0 Å². The molecule has 0 heterocycles. The Labute approximate surface area is 142 Å². The van der Waals surface area contributed by atoms with E-state index in [2.05, 4.69) is 12.2 Å². The van der Waals surface area contributed by atoms with Gasteiger partial charge in [0.2, 0.25) is 0 Å². The van der Waals surface area contributed by atoms with Crippen molar-refractivity contribution in [2.75, 3.05) is 0 Å². The summed E-state index contributed by atoms with van der Waals surface area (Å²) < 4.78 is 5.49. The van der Waals surface area contributed by atoms with Crippen LogP contribution in [0.15, 0.2) is 54.6 Å². The van der Waals surface area contributed by atoms with Crippen LogP contribution in [0.5, 0.6) is 0 Å². The zero-order valence-electron chi connectivity index (χ0n) is 14.1. The summed E-state index contributed by atoms with van der Waals surface area (Å²) in [5.74, 6) is -0.656. The van der Waals surface area contributed by atoms with Crippen molar-refractivity contribution in [2.24, 2.45) is 0 Å². The lowest BCUT2D eigenvalue weighted by molar-refractivity contribution is 0.0205. The number of carbonyl (C=O) groups excluding carboxylic acids is 2. The van der Waals surface area contributed by atoms with Gasteiger partial charge in [0.05, 0.1) is 5.56 Å². The van der Waals surface area contributed by atoms with E-state index in [-0.39, 0.29) is 5.91 Å². The predicted molar refractivity (Wildman–Crippen MR) is 93.8 cm³/mol. The highest BCUT2D eigenvalue weighted by atomic mass is 16.6. The largest absolute Gasteiger partial charge is 0.438 e. The second-order valence-corrected chi connectivity index (χ2v) is 5.55. The van der Waals surface area contributed by atoms with Crippen LogP contribution < -0.4 is 5.32 Å². The van der Waals surface area contributed by atoms with Crippen LogP contribution >= 0.6 is 0 Å². The fourth-order valence-electron chi connectivity index (χ4n) is 2.43. The standard InChI is InChI=1S/C20H23NO3/c1-3-10-15-11-8-9-14-17(15)20(23)24-18(4-2)21-19(22)16-12-6-5-7-13-16/h5-9,11-14,18H,3-4,10H2,1-2H3,(H,21,22). The molecule has 0 aliphatic rings. The maximum absolute atomic E-state index is 12.5. The van der Waals surface area contributed by atoms with Crippen LogP contribution in [-0.4, -0.2) is 18.1 Å². The SMILES string of the molecule is CCCc1ccccc1C(=O)OC(CC)NC(=O)c1ccccc1. The molecular weight excluding hydrogens is 302 g/mol. The van der Waals surface area contributed by atoms with Crippen LogP contribution in [0.25, 0.3) is 0 Å². The normalized spacial score (nSPS) is 11.6. The van der Waals surface area contributed by atoms with Crippen LogP contribution in [0.3, 0.4) is 0 Å². The molecule has 2 aromatic rings. The van der Waals surface area contributed by atoms with Gasteiger partial charge in [-0.1, -0.05) is 56.7 Å². The van der Waals surface area contributed by atoms with E-state index in [4.69, 9.17) is 4.74 Å². The fraction of sp³-hybridized carbons (Fsp3) is 0.300. The summed E-state index contributed by atoms with van der Waals surface area (Å²) in [6, 6.07) is 16.3. The monoisotopic (exact) mass is 325 g/mol. The molecule has 0 saturated heterocycles. The van der Waals surface area contributed by atoms with Gasteiger partial charge in [-0.2, -0.15) is 0 Å².